The van der Waals surface area contributed by atoms with Crippen molar-refractivity contribution in [1.82, 2.24) is 9.55 Å². The number of thiophene rings is 1. The van der Waals surface area contributed by atoms with Crippen LogP contribution in [0.15, 0.2) is 23.0 Å². The molecule has 0 atom stereocenters. The molecule has 0 amide bonds. The summed E-state index contributed by atoms with van der Waals surface area (Å²) in [7, 11) is 0. The minimum atomic E-state index is -0.0553. The molecule has 0 spiro atoms. The van der Waals surface area contributed by atoms with Gasteiger partial charge in [-0.2, -0.15) is 0 Å². The summed E-state index contributed by atoms with van der Waals surface area (Å²) in [5, 5.41) is 0.741. The lowest BCUT2D eigenvalue weighted by molar-refractivity contribution is 0.0969. The first kappa shape index (κ1) is 18.1. The largest absolute Gasteiger partial charge is 0.292 e. The fourth-order valence-electron chi connectivity index (χ4n) is 3.84. The van der Waals surface area contributed by atoms with Gasteiger partial charge in [-0.3, -0.25) is 14.2 Å². The van der Waals surface area contributed by atoms with Crippen molar-refractivity contribution >= 4 is 27.3 Å². The Kier molecular flexibility index (Phi) is 4.50. The van der Waals surface area contributed by atoms with E-state index in [1.54, 1.807) is 15.9 Å². The second-order valence-corrected chi connectivity index (χ2v) is 8.86. The molecule has 0 fully saturated rings. The first-order valence-electron chi connectivity index (χ1n) is 9.52. The number of hydrogen-bond acceptors (Lipinski definition) is 4. The minimum Gasteiger partial charge on any atom is -0.292 e. The molecule has 1 aliphatic carbocycles. The van der Waals surface area contributed by atoms with E-state index in [1.807, 2.05) is 45.9 Å². The Morgan fingerprint density at radius 1 is 1.22 bits per heavy atom. The molecule has 0 unspecified atom stereocenters. The van der Waals surface area contributed by atoms with Crippen molar-refractivity contribution in [3.8, 4) is 0 Å². The van der Waals surface area contributed by atoms with Gasteiger partial charge in [-0.15, -0.1) is 11.3 Å². The minimum absolute atomic E-state index is 0.0441. The molecule has 0 aliphatic heterocycles. The normalized spacial score (nSPS) is 13.5. The number of fused-ring (bicyclic) bond motifs is 3. The van der Waals surface area contributed by atoms with Crippen molar-refractivity contribution in [3.05, 3.63) is 61.5 Å². The van der Waals surface area contributed by atoms with Crippen LogP contribution in [-0.2, 0) is 19.4 Å². The number of ketones is 1. The highest BCUT2D eigenvalue weighted by Crippen LogP contribution is 2.35. The van der Waals surface area contributed by atoms with Crippen LogP contribution in [0.2, 0.25) is 0 Å². The molecular formula is C22H24N2O2S. The lowest BCUT2D eigenvalue weighted by Crippen LogP contribution is -2.29. The van der Waals surface area contributed by atoms with Crippen LogP contribution in [0.1, 0.15) is 63.9 Å². The predicted molar refractivity (Wildman–Crippen MR) is 110 cm³/mol. The number of carbonyl (C=O) groups is 1. The summed E-state index contributed by atoms with van der Waals surface area (Å²) in [4.78, 5) is 33.2. The maximum Gasteiger partial charge on any atom is 0.262 e. The van der Waals surface area contributed by atoms with Gasteiger partial charge in [-0.1, -0.05) is 26.0 Å². The first-order chi connectivity index (χ1) is 12.9. The molecule has 5 heteroatoms. The van der Waals surface area contributed by atoms with E-state index in [4.69, 9.17) is 4.98 Å². The van der Waals surface area contributed by atoms with Crippen molar-refractivity contribution in [1.29, 1.82) is 0 Å². The van der Waals surface area contributed by atoms with E-state index < -0.39 is 0 Å². The average molecular weight is 381 g/mol. The SMILES string of the molecule is Cc1ccc(C(=O)Cn2c(C(C)C)nc3sc4c(c3c2=O)CCC4)cc1C. The number of benzene rings is 1. The van der Waals surface area contributed by atoms with Crippen LogP contribution in [0.4, 0.5) is 0 Å². The molecule has 2 heterocycles. The Morgan fingerprint density at radius 2 is 2.00 bits per heavy atom. The Balaban J connectivity index is 1.83. The van der Waals surface area contributed by atoms with E-state index in [-0.39, 0.29) is 23.8 Å². The van der Waals surface area contributed by atoms with Crippen molar-refractivity contribution in [2.45, 2.75) is 59.4 Å². The summed E-state index contributed by atoms with van der Waals surface area (Å²) in [5.74, 6) is 0.728. The third kappa shape index (κ3) is 3.04. The van der Waals surface area contributed by atoms with E-state index in [0.717, 1.165) is 46.2 Å². The maximum atomic E-state index is 13.3. The van der Waals surface area contributed by atoms with Crippen molar-refractivity contribution in [2.75, 3.05) is 0 Å². The lowest BCUT2D eigenvalue weighted by atomic mass is 10.0. The topological polar surface area (TPSA) is 52.0 Å². The fourth-order valence-corrected chi connectivity index (χ4v) is 5.09. The molecule has 2 aromatic heterocycles. The number of aryl methyl sites for hydroxylation is 4. The van der Waals surface area contributed by atoms with Gasteiger partial charge in [0.05, 0.1) is 11.9 Å². The Hall–Kier alpha value is -2.27. The van der Waals surface area contributed by atoms with Gasteiger partial charge in [0.15, 0.2) is 5.78 Å². The number of nitrogens with zero attached hydrogens (tertiary/aromatic N) is 2. The fraction of sp³-hybridized carbons (Fsp3) is 0.409. The van der Waals surface area contributed by atoms with Gasteiger partial charge in [0.2, 0.25) is 0 Å². The van der Waals surface area contributed by atoms with Gasteiger partial charge in [-0.05, 0) is 55.9 Å². The molecule has 1 aromatic carbocycles. The maximum absolute atomic E-state index is 13.3. The molecule has 0 radical (unpaired) electrons. The highest BCUT2D eigenvalue weighted by atomic mass is 32.1. The standard InChI is InChI=1S/C22H24N2O2S/c1-12(2)20-23-21-19(16-6-5-7-18(16)27-21)22(26)24(20)11-17(25)15-9-8-13(3)14(4)10-15/h8-10,12H,5-7,11H2,1-4H3. The summed E-state index contributed by atoms with van der Waals surface area (Å²) in [6.45, 7) is 8.11. The van der Waals surface area contributed by atoms with E-state index >= 15 is 0 Å². The van der Waals surface area contributed by atoms with E-state index in [1.165, 1.54) is 4.88 Å². The van der Waals surface area contributed by atoms with Gasteiger partial charge >= 0.3 is 0 Å². The van der Waals surface area contributed by atoms with E-state index in [0.29, 0.717) is 11.4 Å². The quantitative estimate of drug-likeness (QED) is 0.623. The zero-order chi connectivity index (χ0) is 19.3. The summed E-state index contributed by atoms with van der Waals surface area (Å²) in [5.41, 5.74) is 4.00. The molecule has 27 heavy (non-hydrogen) atoms. The molecule has 3 aromatic rings. The van der Waals surface area contributed by atoms with Gasteiger partial charge in [0, 0.05) is 16.4 Å². The first-order valence-corrected chi connectivity index (χ1v) is 10.3. The molecule has 0 bridgehead atoms. The van der Waals surface area contributed by atoms with Crippen molar-refractivity contribution in [2.24, 2.45) is 0 Å². The molecule has 4 nitrogen and oxygen atoms in total. The molecule has 4 rings (SSSR count). The predicted octanol–water partition coefficient (Wildman–Crippen LogP) is 4.57. The summed E-state index contributed by atoms with van der Waals surface area (Å²) >= 11 is 1.65. The third-order valence-electron chi connectivity index (χ3n) is 5.50. The summed E-state index contributed by atoms with van der Waals surface area (Å²) in [6.07, 6.45) is 3.08. The van der Waals surface area contributed by atoms with Crippen LogP contribution in [0, 0.1) is 13.8 Å². The zero-order valence-corrected chi connectivity index (χ0v) is 17.1. The lowest BCUT2D eigenvalue weighted by Gasteiger charge is -2.15. The Morgan fingerprint density at radius 3 is 2.70 bits per heavy atom. The highest BCUT2D eigenvalue weighted by Gasteiger charge is 2.24. The van der Waals surface area contributed by atoms with Crippen LogP contribution < -0.4 is 5.56 Å². The van der Waals surface area contributed by atoms with Crippen LogP contribution in [0.25, 0.3) is 10.2 Å². The molecule has 0 saturated heterocycles. The molecule has 0 N–H and O–H groups in total. The van der Waals surface area contributed by atoms with Crippen LogP contribution in [0.5, 0.6) is 0 Å². The monoisotopic (exact) mass is 380 g/mol. The summed E-state index contributed by atoms with van der Waals surface area (Å²) in [6, 6.07) is 5.72. The number of aromatic nitrogens is 2. The number of Topliss-reactive ketones (excluding diaryl/α,β-unsaturated/α-hetero) is 1. The molecule has 140 valence electrons. The van der Waals surface area contributed by atoms with E-state index in [2.05, 4.69) is 0 Å². The average Bonchev–Trinajstić information content (AvgIpc) is 3.19. The van der Waals surface area contributed by atoms with Gasteiger partial charge in [0.1, 0.15) is 10.7 Å². The van der Waals surface area contributed by atoms with Gasteiger partial charge in [0.25, 0.3) is 5.56 Å². The van der Waals surface area contributed by atoms with Crippen LogP contribution >= 0.6 is 11.3 Å². The zero-order valence-electron chi connectivity index (χ0n) is 16.3. The van der Waals surface area contributed by atoms with Crippen molar-refractivity contribution < 1.29 is 4.79 Å². The van der Waals surface area contributed by atoms with Gasteiger partial charge < -0.3 is 0 Å². The van der Waals surface area contributed by atoms with E-state index in [9.17, 15) is 9.59 Å². The second kappa shape index (κ2) is 6.71. The van der Waals surface area contributed by atoms with Crippen LogP contribution in [0.3, 0.4) is 0 Å². The Bertz CT molecular complexity index is 1120. The van der Waals surface area contributed by atoms with Crippen molar-refractivity contribution in [3.63, 3.8) is 0 Å². The number of rotatable bonds is 4. The Labute approximate surface area is 162 Å². The highest BCUT2D eigenvalue weighted by molar-refractivity contribution is 7.18. The molecule has 0 saturated carbocycles. The number of hydrogen-bond donors (Lipinski definition) is 0. The second-order valence-electron chi connectivity index (χ2n) is 7.78. The van der Waals surface area contributed by atoms with Crippen LogP contribution in [-0.4, -0.2) is 15.3 Å². The summed E-state index contributed by atoms with van der Waals surface area (Å²) < 4.78 is 1.61. The molecular weight excluding hydrogens is 356 g/mol. The third-order valence-corrected chi connectivity index (χ3v) is 6.69. The smallest absolute Gasteiger partial charge is 0.262 e. The number of carbonyl (C=O) groups excluding carboxylic acids is 1. The molecule has 1 aliphatic rings. The van der Waals surface area contributed by atoms with Gasteiger partial charge in [-0.25, -0.2) is 4.98 Å².